The van der Waals surface area contributed by atoms with E-state index in [-0.39, 0.29) is 5.82 Å². The zero-order valence-corrected chi connectivity index (χ0v) is 12.6. The summed E-state index contributed by atoms with van der Waals surface area (Å²) < 4.78 is 14.6. The smallest absolute Gasteiger partial charge is 0.146 e. The average Bonchev–Trinajstić information content (AvgIpc) is 2.34. The van der Waals surface area contributed by atoms with Crippen LogP contribution in [0.3, 0.4) is 0 Å². The number of anilines is 1. The van der Waals surface area contributed by atoms with Gasteiger partial charge in [-0.3, -0.25) is 0 Å². The topological polar surface area (TPSA) is 12.0 Å². The maximum Gasteiger partial charge on any atom is 0.146 e. The standard InChI is InChI=1S/C15H21BrFN/c1-10(2)11-4-3-5-13(8-11)18-15-9-12(16)6-7-14(15)17/h6-7,9-11,13,18H,3-5,8H2,1-2H3. The number of nitrogens with one attached hydrogen (secondary N) is 1. The third-order valence-electron chi connectivity index (χ3n) is 3.95. The van der Waals surface area contributed by atoms with E-state index in [1.807, 2.05) is 6.07 Å². The molecule has 0 amide bonds. The van der Waals surface area contributed by atoms with Gasteiger partial charge < -0.3 is 5.32 Å². The van der Waals surface area contributed by atoms with Gasteiger partial charge in [-0.05, 0) is 42.9 Å². The molecular weight excluding hydrogens is 293 g/mol. The van der Waals surface area contributed by atoms with Crippen molar-refractivity contribution in [3.05, 3.63) is 28.5 Å². The van der Waals surface area contributed by atoms with Crippen LogP contribution >= 0.6 is 15.9 Å². The summed E-state index contributed by atoms with van der Waals surface area (Å²) in [7, 11) is 0. The van der Waals surface area contributed by atoms with Crippen molar-refractivity contribution in [3.63, 3.8) is 0 Å². The van der Waals surface area contributed by atoms with E-state index in [2.05, 4.69) is 35.1 Å². The molecule has 1 aromatic carbocycles. The third kappa shape index (κ3) is 3.47. The van der Waals surface area contributed by atoms with Gasteiger partial charge in [-0.25, -0.2) is 4.39 Å². The van der Waals surface area contributed by atoms with E-state index in [0.29, 0.717) is 11.7 Å². The summed E-state index contributed by atoms with van der Waals surface area (Å²) in [6.45, 7) is 4.57. The minimum absolute atomic E-state index is 0.162. The Labute approximate surface area is 117 Å². The van der Waals surface area contributed by atoms with Crippen molar-refractivity contribution in [1.82, 2.24) is 0 Å². The van der Waals surface area contributed by atoms with Gasteiger partial charge in [0.1, 0.15) is 5.82 Å². The lowest BCUT2D eigenvalue weighted by molar-refractivity contribution is 0.264. The van der Waals surface area contributed by atoms with Crippen LogP contribution in [0.4, 0.5) is 10.1 Å². The number of benzene rings is 1. The van der Waals surface area contributed by atoms with Crippen molar-refractivity contribution in [2.45, 2.75) is 45.6 Å². The molecule has 1 nitrogen and oxygen atoms in total. The van der Waals surface area contributed by atoms with Crippen LogP contribution in [0.2, 0.25) is 0 Å². The first-order valence-electron chi connectivity index (χ1n) is 6.78. The van der Waals surface area contributed by atoms with Gasteiger partial charge in [-0.15, -0.1) is 0 Å². The minimum atomic E-state index is -0.162. The molecule has 0 aromatic heterocycles. The van der Waals surface area contributed by atoms with Gasteiger partial charge in [0.25, 0.3) is 0 Å². The number of hydrogen-bond acceptors (Lipinski definition) is 1. The highest BCUT2D eigenvalue weighted by Gasteiger charge is 2.24. The Balaban J connectivity index is 2.02. The first-order valence-corrected chi connectivity index (χ1v) is 7.57. The largest absolute Gasteiger partial charge is 0.380 e. The Kier molecular flexibility index (Phi) is 4.66. The summed E-state index contributed by atoms with van der Waals surface area (Å²) in [5, 5.41) is 3.37. The Morgan fingerprint density at radius 1 is 1.33 bits per heavy atom. The SMILES string of the molecule is CC(C)C1CCCC(Nc2cc(Br)ccc2F)C1. The lowest BCUT2D eigenvalue weighted by atomic mass is 9.79. The summed E-state index contributed by atoms with van der Waals surface area (Å²) >= 11 is 3.39. The molecule has 0 saturated heterocycles. The highest BCUT2D eigenvalue weighted by molar-refractivity contribution is 9.10. The second kappa shape index (κ2) is 6.05. The fourth-order valence-corrected chi connectivity index (χ4v) is 3.15. The molecule has 0 heterocycles. The van der Waals surface area contributed by atoms with Gasteiger partial charge in [0.05, 0.1) is 5.69 Å². The number of hydrogen-bond donors (Lipinski definition) is 1. The molecule has 0 bridgehead atoms. The zero-order valence-electron chi connectivity index (χ0n) is 11.0. The van der Waals surface area contributed by atoms with Gasteiger partial charge in [0, 0.05) is 10.5 Å². The summed E-state index contributed by atoms with van der Waals surface area (Å²) in [5.41, 5.74) is 0.624. The monoisotopic (exact) mass is 313 g/mol. The van der Waals surface area contributed by atoms with Crippen LogP contribution in [0.1, 0.15) is 39.5 Å². The van der Waals surface area contributed by atoms with Crippen molar-refractivity contribution in [2.24, 2.45) is 11.8 Å². The van der Waals surface area contributed by atoms with E-state index in [1.165, 1.54) is 18.9 Å². The van der Waals surface area contributed by atoms with E-state index < -0.39 is 0 Å². The predicted molar refractivity (Wildman–Crippen MR) is 78.3 cm³/mol. The molecule has 1 aliphatic carbocycles. The zero-order chi connectivity index (χ0) is 13.1. The van der Waals surface area contributed by atoms with E-state index in [9.17, 15) is 4.39 Å². The summed E-state index contributed by atoms with van der Waals surface area (Å²) in [5.74, 6) is 1.33. The molecule has 18 heavy (non-hydrogen) atoms. The molecule has 1 N–H and O–H groups in total. The number of halogens is 2. The Hall–Kier alpha value is -0.570. The van der Waals surface area contributed by atoms with Crippen molar-refractivity contribution in [3.8, 4) is 0 Å². The van der Waals surface area contributed by atoms with Gasteiger partial charge in [-0.1, -0.05) is 42.6 Å². The summed E-state index contributed by atoms with van der Waals surface area (Å²) in [6, 6.07) is 5.48. The molecule has 0 radical (unpaired) electrons. The average molecular weight is 314 g/mol. The van der Waals surface area contributed by atoms with Gasteiger partial charge in [0.2, 0.25) is 0 Å². The fourth-order valence-electron chi connectivity index (χ4n) is 2.79. The summed E-state index contributed by atoms with van der Waals surface area (Å²) in [4.78, 5) is 0. The quantitative estimate of drug-likeness (QED) is 0.807. The van der Waals surface area contributed by atoms with Crippen molar-refractivity contribution < 1.29 is 4.39 Å². The Bertz CT molecular complexity index is 405. The molecule has 1 aromatic rings. The van der Waals surface area contributed by atoms with Crippen LogP contribution in [0.5, 0.6) is 0 Å². The maximum absolute atomic E-state index is 13.7. The molecule has 1 aliphatic rings. The van der Waals surface area contributed by atoms with E-state index in [4.69, 9.17) is 0 Å². The second-order valence-corrected chi connectivity index (χ2v) is 6.55. The molecular formula is C15H21BrFN. The third-order valence-corrected chi connectivity index (χ3v) is 4.44. The van der Waals surface area contributed by atoms with E-state index >= 15 is 0 Å². The van der Waals surface area contributed by atoms with Crippen molar-refractivity contribution in [2.75, 3.05) is 5.32 Å². The van der Waals surface area contributed by atoms with Crippen LogP contribution in [-0.2, 0) is 0 Å². The first kappa shape index (κ1) is 13.9. The van der Waals surface area contributed by atoms with Crippen LogP contribution in [0.25, 0.3) is 0 Å². The second-order valence-electron chi connectivity index (χ2n) is 5.64. The Morgan fingerprint density at radius 3 is 2.83 bits per heavy atom. The van der Waals surface area contributed by atoms with Crippen LogP contribution in [-0.4, -0.2) is 6.04 Å². The first-order chi connectivity index (χ1) is 8.56. The molecule has 1 fully saturated rings. The van der Waals surface area contributed by atoms with Crippen molar-refractivity contribution >= 4 is 21.6 Å². The predicted octanol–water partition coefficient (Wildman–Crippen LogP) is 5.21. The normalized spacial score (nSPS) is 24.3. The summed E-state index contributed by atoms with van der Waals surface area (Å²) in [6.07, 6.45) is 4.87. The molecule has 1 saturated carbocycles. The highest BCUT2D eigenvalue weighted by Crippen LogP contribution is 2.32. The van der Waals surface area contributed by atoms with Crippen LogP contribution in [0.15, 0.2) is 22.7 Å². The van der Waals surface area contributed by atoms with Gasteiger partial charge >= 0.3 is 0 Å². The van der Waals surface area contributed by atoms with Crippen molar-refractivity contribution in [1.29, 1.82) is 0 Å². The maximum atomic E-state index is 13.7. The lowest BCUT2D eigenvalue weighted by Crippen LogP contribution is -2.29. The van der Waals surface area contributed by atoms with Gasteiger partial charge in [0.15, 0.2) is 0 Å². The number of rotatable bonds is 3. The molecule has 2 rings (SSSR count). The van der Waals surface area contributed by atoms with E-state index in [0.717, 1.165) is 29.2 Å². The van der Waals surface area contributed by atoms with Crippen LogP contribution < -0.4 is 5.32 Å². The molecule has 0 aliphatic heterocycles. The van der Waals surface area contributed by atoms with Crippen LogP contribution in [0, 0.1) is 17.7 Å². The fraction of sp³-hybridized carbons (Fsp3) is 0.600. The van der Waals surface area contributed by atoms with Gasteiger partial charge in [-0.2, -0.15) is 0 Å². The molecule has 100 valence electrons. The minimum Gasteiger partial charge on any atom is -0.380 e. The lowest BCUT2D eigenvalue weighted by Gasteiger charge is -2.32. The van der Waals surface area contributed by atoms with E-state index in [1.54, 1.807) is 6.07 Å². The molecule has 3 heteroatoms. The Morgan fingerprint density at radius 2 is 2.11 bits per heavy atom. The molecule has 2 unspecified atom stereocenters. The molecule has 2 atom stereocenters. The molecule has 0 spiro atoms. The highest BCUT2D eigenvalue weighted by atomic mass is 79.9.